The minimum absolute atomic E-state index is 0.266. The highest BCUT2D eigenvalue weighted by Crippen LogP contribution is 2.23. The van der Waals surface area contributed by atoms with Gasteiger partial charge in [-0.2, -0.15) is 0 Å². The van der Waals surface area contributed by atoms with E-state index in [4.69, 9.17) is 4.74 Å². The Kier molecular flexibility index (Phi) is 6.71. The number of rotatable bonds is 8. The zero-order valence-electron chi connectivity index (χ0n) is 11.0. The van der Waals surface area contributed by atoms with Gasteiger partial charge in [0.2, 0.25) is 0 Å². The van der Waals surface area contributed by atoms with Crippen LogP contribution in [0.2, 0.25) is 0 Å². The summed E-state index contributed by atoms with van der Waals surface area (Å²) in [4.78, 5) is 0. The first-order chi connectivity index (χ1) is 8.31. The van der Waals surface area contributed by atoms with Crippen molar-refractivity contribution in [2.24, 2.45) is 5.92 Å². The van der Waals surface area contributed by atoms with Crippen LogP contribution in [-0.4, -0.2) is 18.8 Å². The molecule has 0 saturated heterocycles. The van der Waals surface area contributed by atoms with E-state index in [2.05, 4.69) is 13.0 Å². The van der Waals surface area contributed by atoms with Gasteiger partial charge in [0.05, 0.1) is 7.11 Å². The summed E-state index contributed by atoms with van der Waals surface area (Å²) in [5, 5.41) is 9.41. The standard InChI is InChI=1S/C15H24O2/c1-3-4-5-8-13(12-16)11-14-9-6-7-10-15(14)17-2/h6-7,9-10,13,16H,3-5,8,11-12H2,1-2H3. The third kappa shape index (κ3) is 4.78. The third-order valence-corrected chi connectivity index (χ3v) is 3.18. The monoisotopic (exact) mass is 236 g/mol. The molecule has 1 rings (SSSR count). The van der Waals surface area contributed by atoms with Gasteiger partial charge in [-0.15, -0.1) is 0 Å². The summed E-state index contributed by atoms with van der Waals surface area (Å²) in [7, 11) is 1.70. The number of benzene rings is 1. The van der Waals surface area contributed by atoms with Gasteiger partial charge in [0, 0.05) is 6.61 Å². The minimum atomic E-state index is 0.266. The fourth-order valence-corrected chi connectivity index (χ4v) is 2.12. The average molecular weight is 236 g/mol. The molecule has 0 aromatic heterocycles. The first-order valence-corrected chi connectivity index (χ1v) is 6.54. The molecular weight excluding hydrogens is 212 g/mol. The van der Waals surface area contributed by atoms with E-state index < -0.39 is 0 Å². The predicted molar refractivity (Wildman–Crippen MR) is 71.4 cm³/mol. The summed E-state index contributed by atoms with van der Waals surface area (Å²) in [5.41, 5.74) is 1.20. The van der Waals surface area contributed by atoms with Crippen LogP contribution in [-0.2, 0) is 6.42 Å². The highest BCUT2D eigenvalue weighted by molar-refractivity contribution is 5.33. The van der Waals surface area contributed by atoms with E-state index in [1.165, 1.54) is 24.8 Å². The molecule has 0 aliphatic carbocycles. The summed E-state index contributed by atoms with van der Waals surface area (Å²) in [5.74, 6) is 1.29. The molecule has 1 aromatic rings. The predicted octanol–water partition coefficient (Wildman–Crippen LogP) is 3.43. The number of methoxy groups -OCH3 is 1. The minimum Gasteiger partial charge on any atom is -0.496 e. The fourth-order valence-electron chi connectivity index (χ4n) is 2.12. The second kappa shape index (κ2) is 8.13. The van der Waals surface area contributed by atoms with Gasteiger partial charge >= 0.3 is 0 Å². The molecule has 17 heavy (non-hydrogen) atoms. The van der Waals surface area contributed by atoms with Crippen LogP contribution in [0.5, 0.6) is 5.75 Å². The molecule has 96 valence electrons. The summed E-state index contributed by atoms with van der Waals surface area (Å²) in [6.07, 6.45) is 5.69. The molecule has 2 nitrogen and oxygen atoms in total. The smallest absolute Gasteiger partial charge is 0.122 e. The lowest BCUT2D eigenvalue weighted by molar-refractivity contribution is 0.214. The Balaban J connectivity index is 2.54. The molecule has 0 radical (unpaired) electrons. The lowest BCUT2D eigenvalue weighted by atomic mass is 9.94. The van der Waals surface area contributed by atoms with Crippen LogP contribution < -0.4 is 4.74 Å². The Morgan fingerprint density at radius 2 is 2.00 bits per heavy atom. The molecule has 0 amide bonds. The van der Waals surface area contributed by atoms with Gasteiger partial charge in [-0.05, 0) is 30.4 Å². The van der Waals surface area contributed by atoms with Crippen LogP contribution >= 0.6 is 0 Å². The maximum Gasteiger partial charge on any atom is 0.122 e. The number of aliphatic hydroxyl groups excluding tert-OH is 1. The van der Waals surface area contributed by atoms with Crippen molar-refractivity contribution in [2.75, 3.05) is 13.7 Å². The van der Waals surface area contributed by atoms with Gasteiger partial charge < -0.3 is 9.84 Å². The summed E-state index contributed by atoms with van der Waals surface area (Å²) in [6.45, 7) is 2.47. The molecule has 0 spiro atoms. The number of unbranched alkanes of at least 4 members (excludes halogenated alkanes) is 2. The molecule has 0 aliphatic rings. The van der Waals surface area contributed by atoms with Crippen LogP contribution in [0.15, 0.2) is 24.3 Å². The largest absolute Gasteiger partial charge is 0.496 e. The first kappa shape index (κ1) is 14.0. The molecule has 1 aromatic carbocycles. The van der Waals surface area contributed by atoms with Crippen LogP contribution in [0.4, 0.5) is 0 Å². The fraction of sp³-hybridized carbons (Fsp3) is 0.600. The summed E-state index contributed by atoms with van der Waals surface area (Å²) >= 11 is 0. The van der Waals surface area contributed by atoms with Crippen molar-refractivity contribution < 1.29 is 9.84 Å². The van der Waals surface area contributed by atoms with E-state index in [1.54, 1.807) is 7.11 Å². The zero-order chi connectivity index (χ0) is 12.5. The van der Waals surface area contributed by atoms with Crippen molar-refractivity contribution in [2.45, 2.75) is 39.0 Å². The van der Waals surface area contributed by atoms with Crippen molar-refractivity contribution >= 4 is 0 Å². The number of ether oxygens (including phenoxy) is 1. The van der Waals surface area contributed by atoms with Crippen LogP contribution in [0.3, 0.4) is 0 Å². The van der Waals surface area contributed by atoms with Crippen molar-refractivity contribution in [1.82, 2.24) is 0 Å². The molecule has 0 aliphatic heterocycles. The molecule has 1 N–H and O–H groups in total. The molecule has 2 heteroatoms. The number of hydrogen-bond donors (Lipinski definition) is 1. The van der Waals surface area contributed by atoms with E-state index in [9.17, 15) is 5.11 Å². The number of aliphatic hydroxyl groups is 1. The molecule has 1 unspecified atom stereocenters. The van der Waals surface area contributed by atoms with E-state index in [0.29, 0.717) is 5.92 Å². The van der Waals surface area contributed by atoms with Gasteiger partial charge in [-0.1, -0.05) is 44.4 Å². The normalized spacial score (nSPS) is 12.4. The van der Waals surface area contributed by atoms with Crippen LogP contribution in [0.25, 0.3) is 0 Å². The second-order valence-corrected chi connectivity index (χ2v) is 4.56. The maximum absolute atomic E-state index is 9.41. The first-order valence-electron chi connectivity index (χ1n) is 6.54. The van der Waals surface area contributed by atoms with Gasteiger partial charge in [0.25, 0.3) is 0 Å². The third-order valence-electron chi connectivity index (χ3n) is 3.18. The molecule has 0 bridgehead atoms. The molecular formula is C15H24O2. The number of para-hydroxylation sites is 1. The van der Waals surface area contributed by atoms with Crippen LogP contribution in [0, 0.1) is 5.92 Å². The molecule has 0 saturated carbocycles. The Labute approximate surface area is 105 Å². The van der Waals surface area contributed by atoms with Crippen molar-refractivity contribution in [3.8, 4) is 5.75 Å². The maximum atomic E-state index is 9.41. The van der Waals surface area contributed by atoms with E-state index in [1.807, 2.05) is 18.2 Å². The lowest BCUT2D eigenvalue weighted by Crippen LogP contribution is -2.10. The quantitative estimate of drug-likeness (QED) is 0.701. The van der Waals surface area contributed by atoms with Crippen molar-refractivity contribution in [3.63, 3.8) is 0 Å². The molecule has 0 heterocycles. The van der Waals surface area contributed by atoms with E-state index in [-0.39, 0.29) is 6.61 Å². The Morgan fingerprint density at radius 3 is 2.65 bits per heavy atom. The summed E-state index contributed by atoms with van der Waals surface area (Å²) < 4.78 is 5.33. The van der Waals surface area contributed by atoms with Gasteiger partial charge in [0.1, 0.15) is 5.75 Å². The second-order valence-electron chi connectivity index (χ2n) is 4.56. The zero-order valence-corrected chi connectivity index (χ0v) is 11.0. The van der Waals surface area contributed by atoms with E-state index in [0.717, 1.165) is 18.6 Å². The van der Waals surface area contributed by atoms with Crippen molar-refractivity contribution in [1.29, 1.82) is 0 Å². The van der Waals surface area contributed by atoms with Crippen LogP contribution in [0.1, 0.15) is 38.2 Å². The van der Waals surface area contributed by atoms with E-state index >= 15 is 0 Å². The highest BCUT2D eigenvalue weighted by atomic mass is 16.5. The summed E-state index contributed by atoms with van der Waals surface area (Å²) in [6, 6.07) is 8.07. The lowest BCUT2D eigenvalue weighted by Gasteiger charge is -2.15. The van der Waals surface area contributed by atoms with Gasteiger partial charge in [-0.3, -0.25) is 0 Å². The van der Waals surface area contributed by atoms with Gasteiger partial charge in [0.15, 0.2) is 0 Å². The van der Waals surface area contributed by atoms with Gasteiger partial charge in [-0.25, -0.2) is 0 Å². The molecule has 0 fully saturated rings. The molecule has 1 atom stereocenters. The highest BCUT2D eigenvalue weighted by Gasteiger charge is 2.11. The Bertz CT molecular complexity index is 310. The average Bonchev–Trinajstić information content (AvgIpc) is 2.38. The number of hydrogen-bond acceptors (Lipinski definition) is 2. The topological polar surface area (TPSA) is 29.5 Å². The Morgan fingerprint density at radius 1 is 1.24 bits per heavy atom. The van der Waals surface area contributed by atoms with Crippen molar-refractivity contribution in [3.05, 3.63) is 29.8 Å². The Hall–Kier alpha value is -1.02. The SMILES string of the molecule is CCCCCC(CO)Cc1ccccc1OC.